The predicted octanol–water partition coefficient (Wildman–Crippen LogP) is 1.13. The van der Waals surface area contributed by atoms with Crippen molar-refractivity contribution in [2.24, 2.45) is 0 Å². The Morgan fingerprint density at radius 2 is 2.13 bits per heavy atom. The van der Waals surface area contributed by atoms with Gasteiger partial charge in [-0.3, -0.25) is 0 Å². The van der Waals surface area contributed by atoms with Crippen LogP contribution in [-0.2, 0) is 21.1 Å². The van der Waals surface area contributed by atoms with Gasteiger partial charge in [-0.05, 0) is 17.7 Å². The molecule has 1 rings (SSSR count). The molecule has 0 aliphatic heterocycles. The molecule has 1 aromatic carbocycles. The minimum atomic E-state index is -0.452. The fourth-order valence-corrected chi connectivity index (χ4v) is 1.12. The molecule has 1 aromatic rings. The summed E-state index contributed by atoms with van der Waals surface area (Å²) >= 11 is 0. The topological polar surface area (TPSA) is 70.8 Å². The number of benzene rings is 1. The van der Waals surface area contributed by atoms with Gasteiger partial charge >= 0.3 is 5.97 Å². The molecule has 2 N–H and O–H groups in total. The van der Waals surface area contributed by atoms with Crippen LogP contribution >= 0.6 is 0 Å². The largest absolute Gasteiger partial charge is 0.465 e. The lowest BCUT2D eigenvalue weighted by atomic mass is 10.1. The molecule has 0 bridgehead atoms. The highest BCUT2D eigenvalue weighted by Gasteiger charge is 2.09. The SMILES string of the molecule is COOCc1ccc(C(=O)OC)c(N)c1. The fourth-order valence-electron chi connectivity index (χ4n) is 1.12. The van der Waals surface area contributed by atoms with Crippen LogP contribution in [0.1, 0.15) is 15.9 Å². The number of anilines is 1. The van der Waals surface area contributed by atoms with Crippen molar-refractivity contribution in [2.75, 3.05) is 20.0 Å². The van der Waals surface area contributed by atoms with Gasteiger partial charge in [-0.2, -0.15) is 0 Å². The molecule has 0 saturated carbocycles. The van der Waals surface area contributed by atoms with E-state index in [4.69, 9.17) is 10.6 Å². The van der Waals surface area contributed by atoms with Crippen LogP contribution in [0.4, 0.5) is 5.69 Å². The molecule has 15 heavy (non-hydrogen) atoms. The van der Waals surface area contributed by atoms with Crippen molar-refractivity contribution in [3.8, 4) is 0 Å². The minimum absolute atomic E-state index is 0.280. The number of nitrogen functional groups attached to an aromatic ring is 1. The summed E-state index contributed by atoms with van der Waals surface area (Å²) in [4.78, 5) is 20.4. The van der Waals surface area contributed by atoms with Crippen molar-refractivity contribution >= 4 is 11.7 Å². The van der Waals surface area contributed by atoms with E-state index in [0.717, 1.165) is 5.56 Å². The van der Waals surface area contributed by atoms with Crippen LogP contribution < -0.4 is 5.73 Å². The molecule has 0 unspecified atom stereocenters. The Bertz CT molecular complexity index is 351. The molecule has 0 aromatic heterocycles. The highest BCUT2D eigenvalue weighted by Crippen LogP contribution is 2.15. The van der Waals surface area contributed by atoms with E-state index in [-0.39, 0.29) is 6.61 Å². The zero-order valence-corrected chi connectivity index (χ0v) is 8.65. The molecule has 0 heterocycles. The van der Waals surface area contributed by atoms with Crippen molar-refractivity contribution in [3.05, 3.63) is 29.3 Å². The Labute approximate surface area is 87.7 Å². The standard InChI is InChI=1S/C10H13NO4/c1-13-10(12)8-4-3-7(5-9(8)11)6-15-14-2/h3-5H,6,11H2,1-2H3. The molecule has 0 amide bonds. The van der Waals surface area contributed by atoms with Crippen LogP contribution in [0.3, 0.4) is 0 Å². The number of nitrogens with two attached hydrogens (primary N) is 1. The number of esters is 1. The average molecular weight is 211 g/mol. The van der Waals surface area contributed by atoms with Crippen LogP contribution in [0.2, 0.25) is 0 Å². The Kier molecular flexibility index (Phi) is 4.08. The predicted molar refractivity (Wildman–Crippen MR) is 54.0 cm³/mol. The Morgan fingerprint density at radius 1 is 1.40 bits per heavy atom. The summed E-state index contributed by atoms with van der Waals surface area (Å²) in [5.41, 5.74) is 7.20. The van der Waals surface area contributed by atoms with Crippen molar-refractivity contribution in [1.82, 2.24) is 0 Å². The van der Waals surface area contributed by atoms with Gasteiger partial charge in [0.15, 0.2) is 0 Å². The third-order valence-corrected chi connectivity index (χ3v) is 1.86. The maximum absolute atomic E-state index is 11.2. The number of carbonyl (C=O) groups is 1. The van der Waals surface area contributed by atoms with Crippen LogP contribution in [0.15, 0.2) is 18.2 Å². The van der Waals surface area contributed by atoms with E-state index >= 15 is 0 Å². The first-order chi connectivity index (χ1) is 7.19. The average Bonchev–Trinajstić information content (AvgIpc) is 2.25. The van der Waals surface area contributed by atoms with Gasteiger partial charge in [0.1, 0.15) is 6.61 Å². The van der Waals surface area contributed by atoms with E-state index in [1.807, 2.05) is 0 Å². The number of ether oxygens (including phenoxy) is 1. The lowest BCUT2D eigenvalue weighted by Gasteiger charge is -2.06. The highest BCUT2D eigenvalue weighted by molar-refractivity contribution is 5.95. The van der Waals surface area contributed by atoms with Crippen molar-refractivity contribution < 1.29 is 19.3 Å². The highest BCUT2D eigenvalue weighted by atomic mass is 17.2. The Morgan fingerprint density at radius 3 is 2.67 bits per heavy atom. The Balaban J connectivity index is 2.83. The van der Waals surface area contributed by atoms with Gasteiger partial charge < -0.3 is 10.5 Å². The summed E-state index contributed by atoms with van der Waals surface area (Å²) in [6.07, 6.45) is 0. The Hall–Kier alpha value is -1.59. The zero-order valence-electron chi connectivity index (χ0n) is 8.65. The van der Waals surface area contributed by atoms with Gasteiger partial charge in [0.25, 0.3) is 0 Å². The second kappa shape index (κ2) is 5.33. The molecule has 0 aliphatic rings. The molecular formula is C10H13NO4. The van der Waals surface area contributed by atoms with E-state index in [0.29, 0.717) is 11.3 Å². The lowest BCUT2D eigenvalue weighted by molar-refractivity contribution is -0.282. The molecule has 82 valence electrons. The second-order valence-electron chi connectivity index (χ2n) is 2.84. The number of hydrogen-bond acceptors (Lipinski definition) is 5. The van der Waals surface area contributed by atoms with Crippen LogP contribution in [0.25, 0.3) is 0 Å². The smallest absolute Gasteiger partial charge is 0.339 e. The summed E-state index contributed by atoms with van der Waals surface area (Å²) in [6.45, 7) is 0.280. The molecule has 0 fully saturated rings. The number of methoxy groups -OCH3 is 1. The van der Waals surface area contributed by atoms with Gasteiger partial charge in [0.05, 0.1) is 19.8 Å². The quantitative estimate of drug-likeness (QED) is 0.350. The molecule has 0 spiro atoms. The first kappa shape index (κ1) is 11.5. The van der Waals surface area contributed by atoms with Gasteiger partial charge in [-0.1, -0.05) is 6.07 Å². The van der Waals surface area contributed by atoms with Crippen molar-refractivity contribution in [2.45, 2.75) is 6.61 Å². The van der Waals surface area contributed by atoms with Gasteiger partial charge in [-0.25, -0.2) is 14.6 Å². The van der Waals surface area contributed by atoms with E-state index < -0.39 is 5.97 Å². The van der Waals surface area contributed by atoms with E-state index in [1.54, 1.807) is 18.2 Å². The third-order valence-electron chi connectivity index (χ3n) is 1.86. The van der Waals surface area contributed by atoms with Gasteiger partial charge in [0, 0.05) is 5.69 Å². The van der Waals surface area contributed by atoms with E-state index in [1.165, 1.54) is 14.2 Å². The monoisotopic (exact) mass is 211 g/mol. The lowest BCUT2D eigenvalue weighted by Crippen LogP contribution is -2.06. The van der Waals surface area contributed by atoms with Crippen molar-refractivity contribution in [1.29, 1.82) is 0 Å². The maximum atomic E-state index is 11.2. The van der Waals surface area contributed by atoms with Crippen molar-refractivity contribution in [3.63, 3.8) is 0 Å². The summed E-state index contributed by atoms with van der Waals surface area (Å²) in [5.74, 6) is -0.452. The van der Waals surface area contributed by atoms with Crippen LogP contribution in [0.5, 0.6) is 0 Å². The third kappa shape index (κ3) is 2.93. The summed E-state index contributed by atoms with van der Waals surface area (Å²) in [5, 5.41) is 0. The van der Waals surface area contributed by atoms with Gasteiger partial charge in [0.2, 0.25) is 0 Å². The molecule has 0 atom stereocenters. The molecule has 0 radical (unpaired) electrons. The van der Waals surface area contributed by atoms with Gasteiger partial charge in [-0.15, -0.1) is 0 Å². The summed E-state index contributed by atoms with van der Waals surface area (Å²) in [6, 6.07) is 4.96. The molecule has 5 heteroatoms. The second-order valence-corrected chi connectivity index (χ2v) is 2.84. The number of hydrogen-bond donors (Lipinski definition) is 1. The summed E-state index contributed by atoms with van der Waals surface area (Å²) in [7, 11) is 2.73. The van der Waals surface area contributed by atoms with E-state index in [2.05, 4.69) is 9.62 Å². The normalized spacial score (nSPS) is 10.0. The van der Waals surface area contributed by atoms with Crippen LogP contribution in [-0.4, -0.2) is 20.2 Å². The summed E-state index contributed by atoms with van der Waals surface area (Å²) < 4.78 is 4.56. The number of rotatable bonds is 4. The number of carbonyl (C=O) groups excluding carboxylic acids is 1. The molecule has 0 aliphatic carbocycles. The zero-order chi connectivity index (χ0) is 11.3. The maximum Gasteiger partial charge on any atom is 0.339 e. The molecule has 0 saturated heterocycles. The van der Waals surface area contributed by atoms with E-state index in [9.17, 15) is 4.79 Å². The molecular weight excluding hydrogens is 198 g/mol. The first-order valence-electron chi connectivity index (χ1n) is 4.31. The minimum Gasteiger partial charge on any atom is -0.465 e. The fraction of sp³-hybridized carbons (Fsp3) is 0.300. The van der Waals surface area contributed by atoms with Crippen LogP contribution in [0, 0.1) is 0 Å². The first-order valence-corrected chi connectivity index (χ1v) is 4.31. The molecule has 5 nitrogen and oxygen atoms in total.